The molecule has 1 fully saturated rings. The number of aryl methyl sites for hydroxylation is 2. The highest BCUT2D eigenvalue weighted by Gasteiger charge is 2.26. The number of carbonyl (C=O) groups excluding carboxylic acids is 1. The molecule has 1 aromatic heterocycles. The largest absolute Gasteiger partial charge is 0.373 e. The van der Waals surface area contributed by atoms with E-state index in [2.05, 4.69) is 37.1 Å². The molecule has 1 saturated heterocycles. The second-order valence-corrected chi connectivity index (χ2v) is 7.82. The first-order valence-corrected chi connectivity index (χ1v) is 9.14. The Morgan fingerprint density at radius 1 is 1.41 bits per heavy atom. The summed E-state index contributed by atoms with van der Waals surface area (Å²) >= 11 is 1.67. The monoisotopic (exact) mass is 322 g/mol. The fraction of sp³-hybridized carbons (Fsp3) is 0.706. The van der Waals surface area contributed by atoms with Gasteiger partial charge in [0.25, 0.3) is 5.91 Å². The molecule has 3 unspecified atom stereocenters. The second kappa shape index (κ2) is 6.69. The fourth-order valence-electron chi connectivity index (χ4n) is 3.48. The number of nitrogens with one attached hydrogen (secondary N) is 1. The van der Waals surface area contributed by atoms with E-state index in [0.717, 1.165) is 30.8 Å². The number of carbonyl (C=O) groups is 1. The van der Waals surface area contributed by atoms with Crippen LogP contribution in [0.4, 0.5) is 0 Å². The average Bonchev–Trinajstić information content (AvgIpc) is 3.04. The topological polar surface area (TPSA) is 41.6 Å². The van der Waals surface area contributed by atoms with E-state index in [4.69, 9.17) is 4.74 Å². The number of nitrogens with zero attached hydrogens (tertiary/aromatic N) is 1. The SMILES string of the molecule is CC1CN(C(C)CNC(=O)c2cc3c(s2)CCC3)CC(C)O1. The Labute approximate surface area is 136 Å². The number of hydrogen-bond donors (Lipinski definition) is 1. The Morgan fingerprint density at radius 3 is 2.82 bits per heavy atom. The van der Waals surface area contributed by atoms with Crippen LogP contribution in [0.15, 0.2) is 6.07 Å². The van der Waals surface area contributed by atoms with Crippen LogP contribution in [-0.4, -0.2) is 48.7 Å². The summed E-state index contributed by atoms with van der Waals surface area (Å²) in [7, 11) is 0. The molecule has 1 amide bonds. The van der Waals surface area contributed by atoms with Gasteiger partial charge in [0.15, 0.2) is 0 Å². The Hall–Kier alpha value is -0.910. The minimum absolute atomic E-state index is 0.0839. The van der Waals surface area contributed by atoms with Crippen LogP contribution in [0, 0.1) is 0 Å². The van der Waals surface area contributed by atoms with Gasteiger partial charge in [0.1, 0.15) is 0 Å². The average molecular weight is 322 g/mol. The van der Waals surface area contributed by atoms with Gasteiger partial charge in [0.2, 0.25) is 0 Å². The zero-order valence-electron chi connectivity index (χ0n) is 13.7. The first-order chi connectivity index (χ1) is 10.5. The third kappa shape index (κ3) is 3.53. The normalized spacial score (nSPS) is 26.7. The summed E-state index contributed by atoms with van der Waals surface area (Å²) in [6, 6.07) is 2.43. The molecule has 1 N–H and O–H groups in total. The molecule has 22 heavy (non-hydrogen) atoms. The highest BCUT2D eigenvalue weighted by atomic mass is 32.1. The number of morpholine rings is 1. The number of amides is 1. The van der Waals surface area contributed by atoms with Gasteiger partial charge in [-0.05, 0) is 51.7 Å². The molecular formula is C17H26N2O2S. The predicted molar refractivity (Wildman–Crippen MR) is 89.7 cm³/mol. The van der Waals surface area contributed by atoms with Gasteiger partial charge in [-0.1, -0.05) is 0 Å². The highest BCUT2D eigenvalue weighted by Crippen LogP contribution is 2.30. The first-order valence-electron chi connectivity index (χ1n) is 8.32. The fourth-order valence-corrected chi connectivity index (χ4v) is 4.65. The van der Waals surface area contributed by atoms with Crippen molar-refractivity contribution < 1.29 is 9.53 Å². The first kappa shape index (κ1) is 16.0. The molecule has 2 heterocycles. The van der Waals surface area contributed by atoms with Gasteiger partial charge in [-0.2, -0.15) is 0 Å². The van der Waals surface area contributed by atoms with Gasteiger partial charge < -0.3 is 10.1 Å². The van der Waals surface area contributed by atoms with Gasteiger partial charge in [-0.15, -0.1) is 11.3 Å². The van der Waals surface area contributed by atoms with Crippen LogP contribution in [0.25, 0.3) is 0 Å². The van der Waals surface area contributed by atoms with E-state index < -0.39 is 0 Å². The van der Waals surface area contributed by atoms with E-state index >= 15 is 0 Å². The number of hydrogen-bond acceptors (Lipinski definition) is 4. The maximum absolute atomic E-state index is 12.3. The maximum atomic E-state index is 12.3. The van der Waals surface area contributed by atoms with Crippen molar-refractivity contribution in [1.82, 2.24) is 10.2 Å². The van der Waals surface area contributed by atoms with Crippen LogP contribution in [0.5, 0.6) is 0 Å². The van der Waals surface area contributed by atoms with Crippen LogP contribution >= 0.6 is 11.3 Å². The number of rotatable bonds is 4. The third-order valence-electron chi connectivity index (χ3n) is 4.60. The van der Waals surface area contributed by atoms with Gasteiger partial charge >= 0.3 is 0 Å². The zero-order chi connectivity index (χ0) is 15.7. The molecule has 2 aliphatic rings. The lowest BCUT2D eigenvalue weighted by Crippen LogP contribution is -2.52. The Morgan fingerprint density at radius 2 is 2.14 bits per heavy atom. The number of fused-ring (bicyclic) bond motifs is 1. The zero-order valence-corrected chi connectivity index (χ0v) is 14.5. The molecule has 1 aliphatic heterocycles. The standard InChI is InChI=1S/C17H26N2O2S/c1-11(19-9-12(2)21-13(3)10-19)8-18-17(20)16-7-14-5-4-6-15(14)22-16/h7,11-13H,4-6,8-10H2,1-3H3,(H,18,20). The van der Waals surface area contributed by atoms with Crippen LogP contribution in [0.1, 0.15) is 47.3 Å². The molecule has 0 bridgehead atoms. The summed E-state index contributed by atoms with van der Waals surface area (Å²) < 4.78 is 5.77. The molecular weight excluding hydrogens is 296 g/mol. The summed E-state index contributed by atoms with van der Waals surface area (Å²) in [5.41, 5.74) is 1.39. The van der Waals surface area contributed by atoms with E-state index in [-0.39, 0.29) is 18.1 Å². The molecule has 3 atom stereocenters. The Kier molecular flexibility index (Phi) is 4.85. The molecule has 4 nitrogen and oxygen atoms in total. The van der Waals surface area contributed by atoms with Crippen molar-refractivity contribution in [1.29, 1.82) is 0 Å². The summed E-state index contributed by atoms with van der Waals surface area (Å²) in [4.78, 5) is 17.0. The van der Waals surface area contributed by atoms with Crippen LogP contribution in [-0.2, 0) is 17.6 Å². The van der Waals surface area contributed by atoms with Crippen molar-refractivity contribution in [2.24, 2.45) is 0 Å². The highest BCUT2D eigenvalue weighted by molar-refractivity contribution is 7.14. The van der Waals surface area contributed by atoms with Crippen LogP contribution in [0.3, 0.4) is 0 Å². The van der Waals surface area contributed by atoms with Crippen molar-refractivity contribution in [3.63, 3.8) is 0 Å². The summed E-state index contributed by atoms with van der Waals surface area (Å²) in [6.07, 6.45) is 4.06. The molecule has 0 aromatic carbocycles. The second-order valence-electron chi connectivity index (χ2n) is 6.68. The van der Waals surface area contributed by atoms with Crippen LogP contribution in [0.2, 0.25) is 0 Å². The molecule has 0 saturated carbocycles. The van der Waals surface area contributed by atoms with E-state index in [1.807, 2.05) is 0 Å². The minimum atomic E-state index is 0.0839. The van der Waals surface area contributed by atoms with Crippen molar-refractivity contribution in [2.45, 2.75) is 58.3 Å². The van der Waals surface area contributed by atoms with E-state index in [1.165, 1.54) is 16.9 Å². The van der Waals surface area contributed by atoms with Gasteiger partial charge in [0, 0.05) is 30.6 Å². The van der Waals surface area contributed by atoms with Gasteiger partial charge in [-0.3, -0.25) is 9.69 Å². The van der Waals surface area contributed by atoms with Crippen molar-refractivity contribution in [3.8, 4) is 0 Å². The summed E-state index contributed by atoms with van der Waals surface area (Å²) in [6.45, 7) is 8.98. The molecule has 122 valence electrons. The maximum Gasteiger partial charge on any atom is 0.261 e. The van der Waals surface area contributed by atoms with Gasteiger partial charge in [0.05, 0.1) is 17.1 Å². The Bertz CT molecular complexity index is 511. The smallest absolute Gasteiger partial charge is 0.261 e. The number of thiophene rings is 1. The van der Waals surface area contributed by atoms with Crippen molar-refractivity contribution >= 4 is 17.2 Å². The van der Waals surface area contributed by atoms with Crippen molar-refractivity contribution in [2.75, 3.05) is 19.6 Å². The molecule has 1 aromatic rings. The lowest BCUT2D eigenvalue weighted by atomic mass is 10.1. The molecule has 5 heteroatoms. The van der Waals surface area contributed by atoms with E-state index in [9.17, 15) is 4.79 Å². The molecule has 3 rings (SSSR count). The summed E-state index contributed by atoms with van der Waals surface area (Å²) in [5.74, 6) is 0.0839. The van der Waals surface area contributed by atoms with E-state index in [1.54, 1.807) is 11.3 Å². The molecule has 0 radical (unpaired) electrons. The van der Waals surface area contributed by atoms with E-state index in [0.29, 0.717) is 12.6 Å². The third-order valence-corrected chi connectivity index (χ3v) is 5.84. The predicted octanol–water partition coefficient (Wildman–Crippen LogP) is 2.46. The van der Waals surface area contributed by atoms with Crippen molar-refractivity contribution in [3.05, 3.63) is 21.4 Å². The summed E-state index contributed by atoms with van der Waals surface area (Å²) in [5, 5.41) is 3.10. The Balaban J connectivity index is 1.51. The van der Waals surface area contributed by atoms with Gasteiger partial charge in [-0.25, -0.2) is 0 Å². The number of ether oxygens (including phenoxy) is 1. The lowest BCUT2D eigenvalue weighted by molar-refractivity contribution is -0.0778. The van der Waals surface area contributed by atoms with Crippen LogP contribution < -0.4 is 5.32 Å². The molecule has 0 spiro atoms. The quantitative estimate of drug-likeness (QED) is 0.926. The minimum Gasteiger partial charge on any atom is -0.373 e. The molecule has 1 aliphatic carbocycles. The lowest BCUT2D eigenvalue weighted by Gasteiger charge is -2.38.